The number of carbonyl (C=O) groups excluding carboxylic acids is 2. The number of aryl methyl sites for hydroxylation is 1. The smallest absolute Gasteiger partial charge is 0.257 e. The van der Waals surface area contributed by atoms with Crippen LogP contribution in [0.2, 0.25) is 0 Å². The van der Waals surface area contributed by atoms with Crippen LogP contribution in [0.4, 0.5) is 5.69 Å². The first-order valence-electron chi connectivity index (χ1n) is 9.45. The molecular weight excluding hydrogens is 344 g/mol. The molecule has 2 aromatic rings. The number of hydrogen-bond donors (Lipinski definition) is 4. The summed E-state index contributed by atoms with van der Waals surface area (Å²) in [5.41, 5.74) is 2.49. The molecule has 4 rings (SSSR count). The highest BCUT2D eigenvalue weighted by Crippen LogP contribution is 2.25. The number of anilines is 1. The lowest BCUT2D eigenvalue weighted by molar-refractivity contribution is 0.0956. The second-order valence-corrected chi connectivity index (χ2v) is 6.95. The van der Waals surface area contributed by atoms with Gasteiger partial charge in [-0.2, -0.15) is 0 Å². The van der Waals surface area contributed by atoms with E-state index in [2.05, 4.69) is 20.9 Å². The number of ether oxygens (including phenoxy) is 1. The van der Waals surface area contributed by atoms with E-state index in [-0.39, 0.29) is 11.7 Å². The molecule has 0 saturated carbocycles. The SMILES string of the molecule is O=C(Nc1ccc(OCN[C@H]2CCCN2)cc1)c1c[nH]c2c1C(=O)CCC2. The van der Waals surface area contributed by atoms with Crippen LogP contribution >= 0.6 is 0 Å². The summed E-state index contributed by atoms with van der Waals surface area (Å²) in [7, 11) is 0. The standard InChI is InChI=1S/C20H24N4O3/c25-17-4-1-3-16-19(17)15(11-22-16)20(26)24-13-6-8-14(9-7-13)27-12-23-18-5-2-10-21-18/h6-9,11,18,21-23H,1-5,10,12H2,(H,24,26)/t18-/m0/s1. The van der Waals surface area contributed by atoms with Gasteiger partial charge in [0, 0.05) is 24.0 Å². The van der Waals surface area contributed by atoms with Gasteiger partial charge >= 0.3 is 0 Å². The summed E-state index contributed by atoms with van der Waals surface area (Å²) in [6, 6.07) is 7.22. The summed E-state index contributed by atoms with van der Waals surface area (Å²) in [6.45, 7) is 1.48. The second-order valence-electron chi connectivity index (χ2n) is 6.95. The Kier molecular flexibility index (Phi) is 5.22. The predicted molar refractivity (Wildman–Crippen MR) is 102 cm³/mol. The van der Waals surface area contributed by atoms with E-state index in [0.717, 1.165) is 37.3 Å². The summed E-state index contributed by atoms with van der Waals surface area (Å²) in [5.74, 6) is 0.494. The maximum atomic E-state index is 12.6. The van der Waals surface area contributed by atoms with E-state index in [4.69, 9.17) is 4.74 Å². The molecule has 2 aliphatic rings. The third-order valence-corrected chi connectivity index (χ3v) is 5.06. The van der Waals surface area contributed by atoms with Gasteiger partial charge in [0.1, 0.15) is 12.5 Å². The number of hydrogen-bond acceptors (Lipinski definition) is 5. The number of carbonyl (C=O) groups is 2. The van der Waals surface area contributed by atoms with Crippen LogP contribution in [-0.4, -0.2) is 36.1 Å². The Balaban J connectivity index is 1.33. The molecule has 7 heteroatoms. The quantitative estimate of drug-likeness (QED) is 0.588. The molecule has 7 nitrogen and oxygen atoms in total. The lowest BCUT2D eigenvalue weighted by atomic mass is 9.93. The first kappa shape index (κ1) is 17.8. The number of aromatic nitrogens is 1. The third kappa shape index (κ3) is 4.04. The van der Waals surface area contributed by atoms with E-state index >= 15 is 0 Å². The molecule has 0 bridgehead atoms. The fraction of sp³-hybridized carbons (Fsp3) is 0.400. The van der Waals surface area contributed by atoms with E-state index in [9.17, 15) is 9.59 Å². The molecule has 1 aliphatic heterocycles. The molecule has 0 spiro atoms. The fourth-order valence-electron chi connectivity index (χ4n) is 3.63. The molecule has 2 heterocycles. The van der Waals surface area contributed by atoms with Crippen molar-refractivity contribution in [1.29, 1.82) is 0 Å². The number of rotatable bonds is 6. The molecule has 4 N–H and O–H groups in total. The van der Waals surface area contributed by atoms with Gasteiger partial charge in [0.05, 0.1) is 17.3 Å². The Morgan fingerprint density at radius 1 is 1.19 bits per heavy atom. The minimum absolute atomic E-state index is 0.0376. The number of H-pyrrole nitrogens is 1. The topological polar surface area (TPSA) is 95.2 Å². The van der Waals surface area contributed by atoms with Crippen LogP contribution in [0, 0.1) is 0 Å². The van der Waals surface area contributed by atoms with Crippen molar-refractivity contribution in [1.82, 2.24) is 15.6 Å². The Bertz CT molecular complexity index is 822. The summed E-state index contributed by atoms with van der Waals surface area (Å²) in [5, 5.41) is 9.49. The van der Waals surface area contributed by atoms with Crippen molar-refractivity contribution in [3.63, 3.8) is 0 Å². The van der Waals surface area contributed by atoms with Crippen molar-refractivity contribution < 1.29 is 14.3 Å². The van der Waals surface area contributed by atoms with Crippen molar-refractivity contribution in [2.75, 3.05) is 18.6 Å². The van der Waals surface area contributed by atoms with Gasteiger partial charge in [-0.3, -0.25) is 14.9 Å². The van der Waals surface area contributed by atoms with Crippen molar-refractivity contribution in [3.8, 4) is 5.75 Å². The normalized spacial score (nSPS) is 19.0. The number of Topliss-reactive ketones (excluding diaryl/α,β-unsaturated/α-hetero) is 1. The van der Waals surface area contributed by atoms with Crippen LogP contribution in [0.5, 0.6) is 5.75 Å². The molecule has 1 aromatic carbocycles. The maximum Gasteiger partial charge on any atom is 0.257 e. The monoisotopic (exact) mass is 368 g/mol. The van der Waals surface area contributed by atoms with E-state index in [1.807, 2.05) is 12.1 Å². The molecule has 142 valence electrons. The zero-order valence-electron chi connectivity index (χ0n) is 15.1. The lowest BCUT2D eigenvalue weighted by Crippen LogP contribution is -2.39. The molecule has 0 radical (unpaired) electrons. The predicted octanol–water partition coefficient (Wildman–Crippen LogP) is 2.42. The molecule has 1 fully saturated rings. The highest BCUT2D eigenvalue weighted by molar-refractivity contribution is 6.13. The minimum Gasteiger partial charge on any atom is -0.478 e. The van der Waals surface area contributed by atoms with Crippen LogP contribution < -0.4 is 20.7 Å². The Labute approximate surface area is 157 Å². The molecule has 1 aliphatic carbocycles. The Morgan fingerprint density at radius 3 is 2.81 bits per heavy atom. The van der Waals surface area contributed by atoms with Crippen LogP contribution in [-0.2, 0) is 6.42 Å². The first-order chi connectivity index (χ1) is 13.2. The Hall–Kier alpha value is -2.64. The van der Waals surface area contributed by atoms with Gasteiger partial charge in [-0.25, -0.2) is 0 Å². The van der Waals surface area contributed by atoms with Crippen molar-refractivity contribution in [2.24, 2.45) is 0 Å². The van der Waals surface area contributed by atoms with Crippen LogP contribution in [0.25, 0.3) is 0 Å². The zero-order valence-corrected chi connectivity index (χ0v) is 15.1. The van der Waals surface area contributed by atoms with Gasteiger partial charge in [0.2, 0.25) is 0 Å². The number of fused-ring (bicyclic) bond motifs is 1. The van der Waals surface area contributed by atoms with Crippen molar-refractivity contribution in [2.45, 2.75) is 38.3 Å². The summed E-state index contributed by atoms with van der Waals surface area (Å²) < 4.78 is 5.68. The molecular formula is C20H24N4O3. The van der Waals surface area contributed by atoms with E-state index in [1.54, 1.807) is 18.3 Å². The summed E-state index contributed by atoms with van der Waals surface area (Å²) in [6.07, 6.45) is 6.39. The number of aromatic amines is 1. The van der Waals surface area contributed by atoms with Crippen molar-refractivity contribution in [3.05, 3.63) is 47.3 Å². The minimum atomic E-state index is -0.273. The molecule has 1 amide bonds. The summed E-state index contributed by atoms with van der Waals surface area (Å²) >= 11 is 0. The molecule has 0 unspecified atom stereocenters. The van der Waals surface area contributed by atoms with Crippen LogP contribution in [0.3, 0.4) is 0 Å². The molecule has 27 heavy (non-hydrogen) atoms. The van der Waals surface area contributed by atoms with Crippen LogP contribution in [0.1, 0.15) is 52.1 Å². The number of nitrogens with one attached hydrogen (secondary N) is 4. The average molecular weight is 368 g/mol. The van der Waals surface area contributed by atoms with Gasteiger partial charge in [-0.05, 0) is 56.5 Å². The van der Waals surface area contributed by atoms with E-state index in [0.29, 0.717) is 36.1 Å². The highest BCUT2D eigenvalue weighted by Gasteiger charge is 2.25. The second kappa shape index (κ2) is 7.94. The third-order valence-electron chi connectivity index (χ3n) is 5.06. The number of benzene rings is 1. The highest BCUT2D eigenvalue weighted by atomic mass is 16.5. The zero-order chi connectivity index (χ0) is 18.6. The average Bonchev–Trinajstić information content (AvgIpc) is 3.33. The van der Waals surface area contributed by atoms with Gasteiger partial charge < -0.3 is 20.4 Å². The summed E-state index contributed by atoms with van der Waals surface area (Å²) in [4.78, 5) is 27.8. The van der Waals surface area contributed by atoms with Crippen LogP contribution in [0.15, 0.2) is 30.5 Å². The molecule has 1 atom stereocenters. The lowest BCUT2D eigenvalue weighted by Gasteiger charge is -2.14. The molecule has 1 saturated heterocycles. The number of amides is 1. The van der Waals surface area contributed by atoms with Gasteiger partial charge in [-0.1, -0.05) is 0 Å². The largest absolute Gasteiger partial charge is 0.478 e. The molecule has 1 aromatic heterocycles. The Morgan fingerprint density at radius 2 is 2.04 bits per heavy atom. The van der Waals surface area contributed by atoms with Gasteiger partial charge in [0.25, 0.3) is 5.91 Å². The maximum absolute atomic E-state index is 12.6. The van der Waals surface area contributed by atoms with E-state index in [1.165, 1.54) is 6.42 Å². The van der Waals surface area contributed by atoms with Gasteiger partial charge in [-0.15, -0.1) is 0 Å². The first-order valence-corrected chi connectivity index (χ1v) is 9.45. The number of ketones is 1. The fourth-order valence-corrected chi connectivity index (χ4v) is 3.63. The van der Waals surface area contributed by atoms with E-state index < -0.39 is 0 Å². The van der Waals surface area contributed by atoms with Gasteiger partial charge in [0.15, 0.2) is 5.78 Å². The van der Waals surface area contributed by atoms with Crippen molar-refractivity contribution >= 4 is 17.4 Å².